The van der Waals surface area contributed by atoms with Crippen LogP contribution in [0.3, 0.4) is 0 Å². The van der Waals surface area contributed by atoms with Crippen LogP contribution in [-0.4, -0.2) is 16.0 Å². The van der Waals surface area contributed by atoms with Gasteiger partial charge in [0, 0.05) is 28.8 Å². The number of aromatic hydroxyl groups is 1. The van der Waals surface area contributed by atoms with E-state index in [1.807, 2.05) is 42.9 Å². The molecule has 1 N–H and O–H groups in total. The van der Waals surface area contributed by atoms with E-state index in [2.05, 4.69) is 57.1 Å². The zero-order chi connectivity index (χ0) is 21.4. The van der Waals surface area contributed by atoms with Crippen molar-refractivity contribution in [3.8, 4) is 5.75 Å². The summed E-state index contributed by atoms with van der Waals surface area (Å²) in [7, 11) is 10.1. The third-order valence-electron chi connectivity index (χ3n) is 4.21. The van der Waals surface area contributed by atoms with E-state index >= 15 is 0 Å². The van der Waals surface area contributed by atoms with Gasteiger partial charge in [0.2, 0.25) is 0 Å². The predicted octanol–water partition coefficient (Wildman–Crippen LogP) is 6.14. The summed E-state index contributed by atoms with van der Waals surface area (Å²) >= 11 is -0.556. The fourth-order valence-corrected chi connectivity index (χ4v) is 4.16. The molecule has 1 aromatic heterocycles. The second-order valence-electron chi connectivity index (χ2n) is 7.55. The van der Waals surface area contributed by atoms with E-state index in [-0.39, 0.29) is 12.8 Å². The monoisotopic (exact) mass is 497 g/mol. The zero-order valence-corrected chi connectivity index (χ0v) is 22.0. The van der Waals surface area contributed by atoms with Crippen molar-refractivity contribution in [1.82, 2.24) is 4.68 Å². The minimum atomic E-state index is -0.556. The number of hydrogen-bond acceptors (Lipinski definition) is 2. The number of benzene rings is 2. The molecule has 1 atom stereocenters. The molecule has 0 aliphatic rings. The molecule has 0 fully saturated rings. The first-order chi connectivity index (χ1) is 13.8. The second-order valence-corrected chi connectivity index (χ2v) is 11.5. The summed E-state index contributed by atoms with van der Waals surface area (Å²) in [4.78, 5) is 0. The topological polar surface area (TPSA) is 37.5 Å². The minimum absolute atomic E-state index is 0. The summed E-state index contributed by atoms with van der Waals surface area (Å²) in [5, 5.41) is 17.5. The quantitative estimate of drug-likeness (QED) is 0.200. The summed E-state index contributed by atoms with van der Waals surface area (Å²) < 4.78 is 1.78. The van der Waals surface area contributed by atoms with E-state index in [1.165, 1.54) is 10.9 Å². The number of halogens is 2. The molecule has 3 aromatic rings. The van der Waals surface area contributed by atoms with Crippen LogP contribution >= 0.6 is 27.2 Å². The maximum atomic E-state index is 10.9. The molecule has 0 radical (unpaired) electrons. The summed E-state index contributed by atoms with van der Waals surface area (Å²) in [5.41, 5.74) is 3.15. The standard InChI is InChI=1S/C22H25N2OP.CH3.2ClH.Ti/c1-16-13-18(22(2,3)4)21(25)20(14-16)26-19-10-6-5-9-17(19)15-23-24-11-7-8-12-24;;;;/h5-15,25-26H,1-4H3;1H3;2*1H;/q;-1;;;+2/p-2/b23-15-;;;;. The molecule has 1 unspecified atom stereocenters. The van der Waals surface area contributed by atoms with Crippen LogP contribution in [-0.2, 0) is 22.4 Å². The SMILES string of the molecule is Cc1cc(Pc2ccccc2/C=N\n2cccc2)c(O)c(C(C)(C)C)c1.[CH3-].[Cl][Ti][Cl]. The van der Waals surface area contributed by atoms with Gasteiger partial charge in [0.15, 0.2) is 0 Å². The number of aryl methyl sites for hydroxylation is 1. The molecule has 1 heterocycles. The van der Waals surface area contributed by atoms with Gasteiger partial charge in [0.25, 0.3) is 0 Å². The molecule has 30 heavy (non-hydrogen) atoms. The molecule has 2 aromatic carbocycles. The Bertz CT molecular complexity index is 954. The molecule has 7 heteroatoms. The Morgan fingerprint density at radius 1 is 1.03 bits per heavy atom. The first-order valence-corrected chi connectivity index (χ1v) is 14.4. The maximum absolute atomic E-state index is 10.9. The summed E-state index contributed by atoms with van der Waals surface area (Å²) in [6.45, 7) is 8.48. The molecule has 0 saturated heterocycles. The van der Waals surface area contributed by atoms with Gasteiger partial charge >= 0.3 is 35.6 Å². The van der Waals surface area contributed by atoms with Gasteiger partial charge in [0.1, 0.15) is 5.75 Å². The van der Waals surface area contributed by atoms with E-state index < -0.39 is 17.0 Å². The van der Waals surface area contributed by atoms with Gasteiger partial charge in [-0.15, -0.1) is 0 Å². The Balaban J connectivity index is 0.00000106. The number of phenolic OH excluding ortho intramolecular Hbond substituents is 1. The number of nitrogens with zero attached hydrogens (tertiary/aromatic N) is 2. The van der Waals surface area contributed by atoms with Crippen molar-refractivity contribution in [2.75, 3.05) is 0 Å². The van der Waals surface area contributed by atoms with Crippen molar-refractivity contribution in [3.63, 3.8) is 0 Å². The van der Waals surface area contributed by atoms with E-state index in [0.29, 0.717) is 14.3 Å². The first-order valence-electron chi connectivity index (χ1n) is 9.10. The number of aromatic nitrogens is 1. The third kappa shape index (κ3) is 7.87. The molecule has 3 nitrogen and oxygen atoms in total. The molecule has 0 bridgehead atoms. The normalized spacial score (nSPS) is 11.3. The summed E-state index contributed by atoms with van der Waals surface area (Å²) in [5.74, 6) is 0.415. The van der Waals surface area contributed by atoms with E-state index in [4.69, 9.17) is 18.6 Å². The van der Waals surface area contributed by atoms with Crippen molar-refractivity contribution in [2.24, 2.45) is 5.10 Å². The fraction of sp³-hybridized carbons (Fsp3) is 0.217. The molecule has 0 saturated carbocycles. The average Bonchev–Trinajstić information content (AvgIpc) is 3.17. The Kier molecular flexibility index (Phi) is 11.4. The van der Waals surface area contributed by atoms with Crippen LogP contribution in [0.2, 0.25) is 0 Å². The van der Waals surface area contributed by atoms with Gasteiger partial charge in [-0.2, -0.15) is 5.10 Å². The molecular formula is C23H28Cl2N2OPTi-. The molecule has 3 rings (SSSR count). The van der Waals surface area contributed by atoms with Crippen LogP contribution in [0.1, 0.15) is 37.5 Å². The van der Waals surface area contributed by atoms with Crippen LogP contribution < -0.4 is 10.6 Å². The molecule has 0 aliphatic carbocycles. The molecule has 0 spiro atoms. The van der Waals surface area contributed by atoms with Gasteiger partial charge in [0.05, 0.1) is 6.21 Å². The summed E-state index contributed by atoms with van der Waals surface area (Å²) in [6.07, 6.45) is 5.69. The predicted molar refractivity (Wildman–Crippen MR) is 131 cm³/mol. The Hall–Kier alpha value is -1.09. The second kappa shape index (κ2) is 12.7. The molecule has 0 aliphatic heterocycles. The van der Waals surface area contributed by atoms with Crippen molar-refractivity contribution in [2.45, 2.75) is 33.1 Å². The van der Waals surface area contributed by atoms with E-state index in [0.717, 1.165) is 16.4 Å². The van der Waals surface area contributed by atoms with E-state index in [9.17, 15) is 5.11 Å². The van der Waals surface area contributed by atoms with Crippen molar-refractivity contribution in [3.05, 3.63) is 85.0 Å². The average molecular weight is 498 g/mol. The Morgan fingerprint density at radius 2 is 1.63 bits per heavy atom. The van der Waals surface area contributed by atoms with Gasteiger partial charge in [-0.05, 0) is 41.4 Å². The molecule has 0 amide bonds. The van der Waals surface area contributed by atoms with Crippen LogP contribution in [0, 0.1) is 14.4 Å². The number of rotatable bonds is 4. The molecular weight excluding hydrogens is 470 g/mol. The summed E-state index contributed by atoms with van der Waals surface area (Å²) in [6, 6.07) is 16.3. The van der Waals surface area contributed by atoms with Crippen LogP contribution in [0.25, 0.3) is 0 Å². The number of phenols is 1. The van der Waals surface area contributed by atoms with Gasteiger partial charge in [-0.1, -0.05) is 59.7 Å². The van der Waals surface area contributed by atoms with Crippen molar-refractivity contribution >= 4 is 44.0 Å². The third-order valence-corrected chi connectivity index (χ3v) is 5.59. The molecule has 160 valence electrons. The Labute approximate surface area is 199 Å². The van der Waals surface area contributed by atoms with Crippen LogP contribution in [0.5, 0.6) is 5.75 Å². The zero-order valence-electron chi connectivity index (χ0n) is 17.9. The first kappa shape index (κ1) is 26.9. The van der Waals surface area contributed by atoms with Gasteiger partial charge in [-0.25, -0.2) is 4.68 Å². The van der Waals surface area contributed by atoms with Gasteiger partial charge in [-0.3, -0.25) is 0 Å². The van der Waals surface area contributed by atoms with Crippen molar-refractivity contribution in [1.29, 1.82) is 0 Å². The van der Waals surface area contributed by atoms with Gasteiger partial charge < -0.3 is 12.5 Å². The van der Waals surface area contributed by atoms with Crippen LogP contribution in [0.15, 0.2) is 66.0 Å². The van der Waals surface area contributed by atoms with Crippen molar-refractivity contribution < 1.29 is 22.1 Å². The number of hydrogen-bond donors (Lipinski definition) is 1. The van der Waals surface area contributed by atoms with E-state index in [1.54, 1.807) is 4.68 Å². The Morgan fingerprint density at radius 3 is 2.23 bits per heavy atom. The van der Waals surface area contributed by atoms with Crippen LogP contribution in [0.4, 0.5) is 0 Å². The fourth-order valence-electron chi connectivity index (χ4n) is 2.85.